The van der Waals surface area contributed by atoms with Crippen LogP contribution in [0.25, 0.3) is 0 Å². The number of methoxy groups -OCH3 is 1. The van der Waals surface area contributed by atoms with Gasteiger partial charge < -0.3 is 15.4 Å². The molecule has 0 bridgehead atoms. The van der Waals surface area contributed by atoms with Crippen molar-refractivity contribution in [3.05, 3.63) is 29.3 Å². The van der Waals surface area contributed by atoms with Crippen molar-refractivity contribution >= 4 is 6.03 Å². The van der Waals surface area contributed by atoms with E-state index in [4.69, 9.17) is 4.74 Å². The van der Waals surface area contributed by atoms with Crippen LogP contribution in [0, 0.1) is 6.92 Å². The van der Waals surface area contributed by atoms with Gasteiger partial charge in [0.2, 0.25) is 0 Å². The highest BCUT2D eigenvalue weighted by Gasteiger charge is 2.04. The van der Waals surface area contributed by atoms with Gasteiger partial charge in [-0.3, -0.25) is 0 Å². The number of nitrogens with one attached hydrogen (secondary N) is 2. The summed E-state index contributed by atoms with van der Waals surface area (Å²) in [5.74, 6) is 0.872. The highest BCUT2D eigenvalue weighted by molar-refractivity contribution is 5.73. The van der Waals surface area contributed by atoms with E-state index in [2.05, 4.69) is 16.7 Å². The van der Waals surface area contributed by atoms with Crippen molar-refractivity contribution in [3.63, 3.8) is 0 Å². The molecule has 18 heavy (non-hydrogen) atoms. The zero-order chi connectivity index (χ0) is 13.4. The van der Waals surface area contributed by atoms with Gasteiger partial charge in [-0.15, -0.1) is 0 Å². The number of urea groups is 1. The first kappa shape index (κ1) is 14.4. The molecule has 0 fully saturated rings. The fourth-order valence-electron chi connectivity index (χ4n) is 1.71. The fourth-order valence-corrected chi connectivity index (χ4v) is 1.71. The minimum Gasteiger partial charge on any atom is -0.496 e. The Morgan fingerprint density at radius 2 is 2.00 bits per heavy atom. The molecule has 0 aliphatic carbocycles. The van der Waals surface area contributed by atoms with Gasteiger partial charge in [0, 0.05) is 13.1 Å². The summed E-state index contributed by atoms with van der Waals surface area (Å²) >= 11 is 0. The number of amides is 2. The fraction of sp³-hybridized carbons (Fsp3) is 0.500. The van der Waals surface area contributed by atoms with E-state index < -0.39 is 0 Å². The van der Waals surface area contributed by atoms with Gasteiger partial charge in [-0.1, -0.05) is 24.6 Å². The molecule has 0 heterocycles. The van der Waals surface area contributed by atoms with Crippen LogP contribution in [-0.2, 0) is 6.42 Å². The van der Waals surface area contributed by atoms with Gasteiger partial charge in [0.1, 0.15) is 5.75 Å². The van der Waals surface area contributed by atoms with Crippen LogP contribution < -0.4 is 15.4 Å². The van der Waals surface area contributed by atoms with Crippen LogP contribution in [0.1, 0.15) is 24.5 Å². The SMILES string of the molecule is CCCNC(=O)NCCc1cc(C)ccc1OC. The smallest absolute Gasteiger partial charge is 0.314 e. The van der Waals surface area contributed by atoms with Crippen molar-refractivity contribution in [1.82, 2.24) is 10.6 Å². The first-order chi connectivity index (χ1) is 8.67. The predicted molar refractivity (Wildman–Crippen MR) is 73.1 cm³/mol. The topological polar surface area (TPSA) is 50.4 Å². The summed E-state index contributed by atoms with van der Waals surface area (Å²) in [4.78, 5) is 11.4. The molecule has 1 aromatic rings. The average Bonchev–Trinajstić information content (AvgIpc) is 2.36. The van der Waals surface area contributed by atoms with E-state index in [1.165, 1.54) is 5.56 Å². The molecule has 4 heteroatoms. The molecule has 0 saturated heterocycles. The highest BCUT2D eigenvalue weighted by atomic mass is 16.5. The molecule has 2 N–H and O–H groups in total. The van der Waals surface area contributed by atoms with Gasteiger partial charge in [0.25, 0.3) is 0 Å². The van der Waals surface area contributed by atoms with Gasteiger partial charge in [-0.05, 0) is 31.4 Å². The first-order valence-electron chi connectivity index (χ1n) is 6.32. The maximum Gasteiger partial charge on any atom is 0.314 e. The number of hydrogen-bond acceptors (Lipinski definition) is 2. The molecule has 100 valence electrons. The number of carbonyl (C=O) groups excluding carboxylic acids is 1. The molecule has 0 spiro atoms. The Kier molecular flexibility index (Phi) is 6.05. The minimum atomic E-state index is -0.108. The Labute approximate surface area is 109 Å². The maximum atomic E-state index is 11.4. The molecule has 0 atom stereocenters. The van der Waals surface area contributed by atoms with Gasteiger partial charge >= 0.3 is 6.03 Å². The first-order valence-corrected chi connectivity index (χ1v) is 6.32. The molecular weight excluding hydrogens is 228 g/mol. The number of carbonyl (C=O) groups is 1. The van der Waals surface area contributed by atoms with E-state index >= 15 is 0 Å². The summed E-state index contributed by atoms with van der Waals surface area (Å²) in [5.41, 5.74) is 2.31. The van der Waals surface area contributed by atoms with E-state index in [0.717, 1.165) is 24.2 Å². The lowest BCUT2D eigenvalue weighted by atomic mass is 10.1. The Bertz CT molecular complexity index is 391. The van der Waals surface area contributed by atoms with Gasteiger partial charge in [0.05, 0.1) is 7.11 Å². The summed E-state index contributed by atoms with van der Waals surface area (Å²) in [6.45, 7) is 5.39. The Balaban J connectivity index is 2.43. The Morgan fingerprint density at radius 1 is 1.28 bits per heavy atom. The molecular formula is C14H22N2O2. The number of rotatable bonds is 6. The molecule has 0 unspecified atom stereocenters. The zero-order valence-electron chi connectivity index (χ0n) is 11.4. The van der Waals surface area contributed by atoms with E-state index in [-0.39, 0.29) is 6.03 Å². The number of ether oxygens (including phenoxy) is 1. The van der Waals surface area contributed by atoms with Crippen LogP contribution in [0.15, 0.2) is 18.2 Å². The van der Waals surface area contributed by atoms with Crippen LogP contribution in [0.3, 0.4) is 0 Å². The standard InChI is InChI=1S/C14H22N2O2/c1-4-8-15-14(17)16-9-7-12-10-11(2)5-6-13(12)18-3/h5-6,10H,4,7-9H2,1-3H3,(H2,15,16,17). The minimum absolute atomic E-state index is 0.108. The van der Waals surface area contributed by atoms with Crippen LogP contribution in [0.2, 0.25) is 0 Å². The third-order valence-corrected chi connectivity index (χ3v) is 2.65. The van der Waals surface area contributed by atoms with Gasteiger partial charge in [-0.2, -0.15) is 0 Å². The Morgan fingerprint density at radius 3 is 2.67 bits per heavy atom. The normalized spacial score (nSPS) is 9.94. The van der Waals surface area contributed by atoms with E-state index in [0.29, 0.717) is 13.1 Å². The lowest BCUT2D eigenvalue weighted by Crippen LogP contribution is -2.36. The quantitative estimate of drug-likeness (QED) is 0.813. The summed E-state index contributed by atoms with van der Waals surface area (Å²) in [6.07, 6.45) is 1.71. The van der Waals surface area contributed by atoms with E-state index in [1.54, 1.807) is 7.11 Å². The largest absolute Gasteiger partial charge is 0.496 e. The maximum absolute atomic E-state index is 11.4. The van der Waals surface area contributed by atoms with Crippen molar-refractivity contribution in [2.45, 2.75) is 26.7 Å². The molecule has 0 aliphatic rings. The average molecular weight is 250 g/mol. The molecule has 0 aromatic heterocycles. The number of hydrogen-bond donors (Lipinski definition) is 2. The molecule has 0 saturated carbocycles. The van der Waals surface area contributed by atoms with Crippen LogP contribution >= 0.6 is 0 Å². The van der Waals surface area contributed by atoms with Crippen molar-refractivity contribution in [3.8, 4) is 5.75 Å². The second-order valence-electron chi connectivity index (χ2n) is 4.25. The summed E-state index contributed by atoms with van der Waals surface area (Å²) < 4.78 is 5.29. The molecule has 0 radical (unpaired) electrons. The summed E-state index contributed by atoms with van der Waals surface area (Å²) in [7, 11) is 1.66. The van der Waals surface area contributed by atoms with Crippen LogP contribution in [0.5, 0.6) is 5.75 Å². The van der Waals surface area contributed by atoms with Crippen molar-refractivity contribution in [1.29, 1.82) is 0 Å². The van der Waals surface area contributed by atoms with Crippen molar-refractivity contribution in [2.75, 3.05) is 20.2 Å². The third-order valence-electron chi connectivity index (χ3n) is 2.65. The Hall–Kier alpha value is -1.71. The van der Waals surface area contributed by atoms with E-state index in [1.807, 2.05) is 26.0 Å². The zero-order valence-corrected chi connectivity index (χ0v) is 11.4. The van der Waals surface area contributed by atoms with Gasteiger partial charge in [-0.25, -0.2) is 4.79 Å². The second-order valence-corrected chi connectivity index (χ2v) is 4.25. The van der Waals surface area contributed by atoms with Crippen molar-refractivity contribution < 1.29 is 9.53 Å². The van der Waals surface area contributed by atoms with Crippen molar-refractivity contribution in [2.24, 2.45) is 0 Å². The number of aryl methyl sites for hydroxylation is 1. The van der Waals surface area contributed by atoms with E-state index in [9.17, 15) is 4.79 Å². The molecule has 1 aromatic carbocycles. The van der Waals surface area contributed by atoms with Crippen LogP contribution in [-0.4, -0.2) is 26.2 Å². The van der Waals surface area contributed by atoms with Crippen LogP contribution in [0.4, 0.5) is 4.79 Å². The lowest BCUT2D eigenvalue weighted by molar-refractivity contribution is 0.241. The lowest BCUT2D eigenvalue weighted by Gasteiger charge is -2.10. The number of benzene rings is 1. The van der Waals surface area contributed by atoms with Gasteiger partial charge in [0.15, 0.2) is 0 Å². The monoisotopic (exact) mass is 250 g/mol. The highest BCUT2D eigenvalue weighted by Crippen LogP contribution is 2.19. The molecule has 2 amide bonds. The molecule has 0 aliphatic heterocycles. The second kappa shape index (κ2) is 7.58. The molecule has 1 rings (SSSR count). The predicted octanol–water partition coefficient (Wildman–Crippen LogP) is 2.26. The third kappa shape index (κ3) is 4.65. The summed E-state index contributed by atoms with van der Waals surface area (Å²) in [6, 6.07) is 5.96. The summed E-state index contributed by atoms with van der Waals surface area (Å²) in [5, 5.41) is 5.61. The molecule has 4 nitrogen and oxygen atoms in total.